The Kier molecular flexibility index (Phi) is 5.32. The van der Waals surface area contributed by atoms with E-state index in [9.17, 15) is 0 Å². The molecule has 5 aromatic rings. The fraction of sp³-hybridized carbons (Fsp3) is 0.258. The average Bonchev–Trinajstić information content (AvgIpc) is 3.26. The molecule has 0 unspecified atom stereocenters. The maximum Gasteiger partial charge on any atom is 0.137 e. The molecule has 0 aliphatic carbocycles. The van der Waals surface area contributed by atoms with Gasteiger partial charge in [0.05, 0.1) is 12.0 Å². The SMILES string of the molecule is CC(C)Cc1cc(-c2ccnc(-c3cc(C(C)(C)C)c4ccccc4c3)c2)cc2ccoc12. The number of hydrogen-bond donors (Lipinski definition) is 0. The quantitative estimate of drug-likeness (QED) is 0.283. The van der Waals surface area contributed by atoms with Crippen LogP contribution in [0.5, 0.6) is 0 Å². The van der Waals surface area contributed by atoms with Gasteiger partial charge in [-0.25, -0.2) is 0 Å². The Morgan fingerprint density at radius 2 is 1.61 bits per heavy atom. The van der Waals surface area contributed by atoms with Gasteiger partial charge in [0.25, 0.3) is 0 Å². The number of nitrogens with zero attached hydrogens (tertiary/aromatic N) is 1. The van der Waals surface area contributed by atoms with Crippen molar-refractivity contribution in [2.45, 2.75) is 46.5 Å². The molecule has 0 radical (unpaired) electrons. The van der Waals surface area contributed by atoms with Crippen LogP contribution in [0.15, 0.2) is 83.6 Å². The lowest BCUT2D eigenvalue weighted by atomic mass is 9.82. The smallest absolute Gasteiger partial charge is 0.137 e. The van der Waals surface area contributed by atoms with Gasteiger partial charge in [-0.2, -0.15) is 0 Å². The molecule has 0 saturated carbocycles. The van der Waals surface area contributed by atoms with Crippen LogP contribution in [0, 0.1) is 5.92 Å². The van der Waals surface area contributed by atoms with Crippen LogP contribution in [0.4, 0.5) is 0 Å². The summed E-state index contributed by atoms with van der Waals surface area (Å²) in [5.41, 5.74) is 8.22. The van der Waals surface area contributed by atoms with Gasteiger partial charge in [0.15, 0.2) is 0 Å². The summed E-state index contributed by atoms with van der Waals surface area (Å²) in [6, 6.07) is 24.1. The second-order valence-electron chi connectivity index (χ2n) is 10.5. The predicted molar refractivity (Wildman–Crippen MR) is 140 cm³/mol. The molecule has 0 amide bonds. The third-order valence-electron chi connectivity index (χ3n) is 6.32. The summed E-state index contributed by atoms with van der Waals surface area (Å²) in [5, 5.41) is 3.72. The van der Waals surface area contributed by atoms with E-state index in [1.165, 1.54) is 33.0 Å². The summed E-state index contributed by atoms with van der Waals surface area (Å²) in [5.74, 6) is 0.565. The van der Waals surface area contributed by atoms with Crippen LogP contribution < -0.4 is 0 Å². The molecule has 0 saturated heterocycles. The normalized spacial score (nSPS) is 12.2. The van der Waals surface area contributed by atoms with E-state index < -0.39 is 0 Å². The summed E-state index contributed by atoms with van der Waals surface area (Å²) in [6.45, 7) is 11.3. The molecular weight excluding hydrogens is 402 g/mol. The standard InChI is InChI=1S/C31H31NO/c1-20(2)14-26-17-24(16-23-11-13-33-30(23)26)21-10-12-32-29(19-21)25-15-22-8-6-7-9-27(22)28(18-25)31(3,4)5/h6-13,15-20H,14H2,1-5H3. The van der Waals surface area contributed by atoms with Crippen LogP contribution in [0.25, 0.3) is 44.1 Å². The van der Waals surface area contributed by atoms with E-state index in [-0.39, 0.29) is 5.41 Å². The van der Waals surface area contributed by atoms with Crippen molar-refractivity contribution in [1.82, 2.24) is 4.98 Å². The van der Waals surface area contributed by atoms with Crippen molar-refractivity contribution in [3.8, 4) is 22.4 Å². The second-order valence-corrected chi connectivity index (χ2v) is 10.5. The lowest BCUT2D eigenvalue weighted by Crippen LogP contribution is -2.12. The van der Waals surface area contributed by atoms with Crippen molar-refractivity contribution in [1.29, 1.82) is 0 Å². The van der Waals surface area contributed by atoms with E-state index >= 15 is 0 Å². The van der Waals surface area contributed by atoms with Crippen molar-refractivity contribution < 1.29 is 4.42 Å². The monoisotopic (exact) mass is 433 g/mol. The van der Waals surface area contributed by atoms with Crippen LogP contribution >= 0.6 is 0 Å². The number of pyridine rings is 1. The summed E-state index contributed by atoms with van der Waals surface area (Å²) >= 11 is 0. The Morgan fingerprint density at radius 3 is 2.39 bits per heavy atom. The molecule has 0 aliphatic heterocycles. The van der Waals surface area contributed by atoms with E-state index in [2.05, 4.69) is 101 Å². The van der Waals surface area contributed by atoms with Crippen LogP contribution in [-0.4, -0.2) is 4.98 Å². The first-order chi connectivity index (χ1) is 15.8. The highest BCUT2D eigenvalue weighted by Crippen LogP contribution is 2.36. The Balaban J connectivity index is 1.65. The average molecular weight is 434 g/mol. The van der Waals surface area contributed by atoms with E-state index in [1.54, 1.807) is 6.26 Å². The number of fused-ring (bicyclic) bond motifs is 2. The zero-order chi connectivity index (χ0) is 23.2. The Hall–Kier alpha value is -3.39. The highest BCUT2D eigenvalue weighted by atomic mass is 16.3. The molecule has 33 heavy (non-hydrogen) atoms. The molecule has 2 heterocycles. The number of benzene rings is 3. The Bertz CT molecular complexity index is 1450. The first kappa shape index (κ1) is 21.5. The highest BCUT2D eigenvalue weighted by molar-refractivity contribution is 5.91. The van der Waals surface area contributed by atoms with Gasteiger partial charge < -0.3 is 4.42 Å². The molecule has 2 nitrogen and oxygen atoms in total. The van der Waals surface area contributed by atoms with Gasteiger partial charge in [-0.05, 0) is 93.2 Å². The largest absolute Gasteiger partial charge is 0.464 e. The molecule has 0 fully saturated rings. The molecule has 2 heteroatoms. The van der Waals surface area contributed by atoms with E-state index in [0.29, 0.717) is 5.92 Å². The highest BCUT2D eigenvalue weighted by Gasteiger charge is 2.19. The first-order valence-corrected chi connectivity index (χ1v) is 11.8. The van der Waals surface area contributed by atoms with Crippen molar-refractivity contribution in [2.24, 2.45) is 5.92 Å². The van der Waals surface area contributed by atoms with Crippen molar-refractivity contribution in [2.75, 3.05) is 0 Å². The van der Waals surface area contributed by atoms with Gasteiger partial charge in [0.1, 0.15) is 5.58 Å². The first-order valence-electron chi connectivity index (χ1n) is 11.8. The number of furan rings is 1. The van der Waals surface area contributed by atoms with Gasteiger partial charge in [-0.1, -0.05) is 58.9 Å². The molecule has 0 atom stereocenters. The third-order valence-corrected chi connectivity index (χ3v) is 6.32. The summed E-state index contributed by atoms with van der Waals surface area (Å²) < 4.78 is 5.81. The number of rotatable bonds is 4. The lowest BCUT2D eigenvalue weighted by Gasteiger charge is -2.22. The maximum absolute atomic E-state index is 5.81. The molecule has 0 bridgehead atoms. The van der Waals surface area contributed by atoms with Crippen LogP contribution in [0.1, 0.15) is 45.7 Å². The van der Waals surface area contributed by atoms with Crippen molar-refractivity contribution in [3.05, 3.63) is 90.3 Å². The van der Waals surface area contributed by atoms with E-state index in [0.717, 1.165) is 28.6 Å². The van der Waals surface area contributed by atoms with Gasteiger partial charge in [0, 0.05) is 17.1 Å². The minimum atomic E-state index is 0.0469. The Morgan fingerprint density at radius 1 is 0.818 bits per heavy atom. The zero-order valence-electron chi connectivity index (χ0n) is 20.1. The minimum Gasteiger partial charge on any atom is -0.464 e. The second kappa shape index (κ2) is 8.19. The summed E-state index contributed by atoms with van der Waals surface area (Å²) in [7, 11) is 0. The van der Waals surface area contributed by atoms with Crippen LogP contribution in [0.3, 0.4) is 0 Å². The number of aromatic nitrogens is 1. The van der Waals surface area contributed by atoms with Crippen molar-refractivity contribution >= 4 is 21.7 Å². The topological polar surface area (TPSA) is 26.0 Å². The molecule has 5 rings (SSSR count). The van der Waals surface area contributed by atoms with Gasteiger partial charge in [0.2, 0.25) is 0 Å². The molecule has 2 aromatic heterocycles. The minimum absolute atomic E-state index is 0.0469. The maximum atomic E-state index is 5.81. The lowest BCUT2D eigenvalue weighted by molar-refractivity contribution is 0.595. The van der Waals surface area contributed by atoms with Crippen molar-refractivity contribution in [3.63, 3.8) is 0 Å². The fourth-order valence-corrected chi connectivity index (χ4v) is 4.76. The third kappa shape index (κ3) is 4.18. The molecule has 0 aliphatic rings. The van der Waals surface area contributed by atoms with E-state index in [4.69, 9.17) is 9.40 Å². The van der Waals surface area contributed by atoms with Crippen LogP contribution in [0.2, 0.25) is 0 Å². The molecule has 0 spiro atoms. The van der Waals surface area contributed by atoms with Crippen LogP contribution in [-0.2, 0) is 11.8 Å². The zero-order valence-corrected chi connectivity index (χ0v) is 20.1. The summed E-state index contributed by atoms with van der Waals surface area (Å²) in [6.07, 6.45) is 4.72. The summed E-state index contributed by atoms with van der Waals surface area (Å²) in [4.78, 5) is 4.77. The molecular formula is C31H31NO. The fourth-order valence-electron chi connectivity index (χ4n) is 4.76. The Labute approximate surface area is 196 Å². The van der Waals surface area contributed by atoms with Gasteiger partial charge >= 0.3 is 0 Å². The van der Waals surface area contributed by atoms with Gasteiger partial charge in [-0.15, -0.1) is 0 Å². The molecule has 166 valence electrons. The van der Waals surface area contributed by atoms with E-state index in [1.807, 2.05) is 6.20 Å². The van der Waals surface area contributed by atoms with Gasteiger partial charge in [-0.3, -0.25) is 4.98 Å². The molecule has 0 N–H and O–H groups in total. The number of hydrogen-bond acceptors (Lipinski definition) is 2. The predicted octanol–water partition coefficient (Wildman–Crippen LogP) is 8.81. The molecule has 3 aromatic carbocycles.